The first kappa shape index (κ1) is 29.0. The molecule has 3 heterocycles. The Kier molecular flexibility index (Phi) is 10.6. The Hall–Kier alpha value is -1.96. The van der Waals surface area contributed by atoms with Gasteiger partial charge < -0.3 is 19.3 Å². The minimum Gasteiger partial charge on any atom is -0.339 e. The van der Waals surface area contributed by atoms with Gasteiger partial charge in [-0.15, -0.1) is 0 Å². The third-order valence-corrected chi connectivity index (χ3v) is 8.33. The number of fused-ring (bicyclic) bond motifs is 1. The highest BCUT2D eigenvalue weighted by molar-refractivity contribution is 5.97. The fraction of sp³-hybridized carbons (Fsp3) is 0.742. The van der Waals surface area contributed by atoms with Crippen molar-refractivity contribution in [2.75, 3.05) is 66.0 Å². The molecule has 2 fully saturated rings. The topological polar surface area (TPSA) is 47.9 Å². The first-order valence-electron chi connectivity index (χ1n) is 15.2. The fourth-order valence-corrected chi connectivity index (χ4v) is 5.67. The number of piperazine rings is 1. The van der Waals surface area contributed by atoms with Gasteiger partial charge in [-0.2, -0.15) is 0 Å². The minimum absolute atomic E-state index is 0.165. The number of nitrogens with zero attached hydrogens (tertiary/aromatic N) is 6. The number of hydrogen-bond acceptors (Lipinski definition) is 5. The van der Waals surface area contributed by atoms with Crippen molar-refractivity contribution in [3.8, 4) is 0 Å². The molecule has 0 unspecified atom stereocenters. The van der Waals surface area contributed by atoms with Crippen LogP contribution < -0.4 is 0 Å². The van der Waals surface area contributed by atoms with Gasteiger partial charge in [-0.1, -0.05) is 27.7 Å². The van der Waals surface area contributed by atoms with Crippen LogP contribution in [0.5, 0.6) is 0 Å². The molecule has 2 aliphatic heterocycles. The van der Waals surface area contributed by atoms with Crippen molar-refractivity contribution in [3.63, 3.8) is 0 Å². The van der Waals surface area contributed by atoms with Gasteiger partial charge in [0, 0.05) is 51.4 Å². The number of aromatic nitrogens is 2. The second-order valence-electron chi connectivity index (χ2n) is 12.5. The highest BCUT2D eigenvalue weighted by atomic mass is 16.2. The first-order chi connectivity index (χ1) is 18.3. The zero-order chi connectivity index (χ0) is 27.1. The highest BCUT2D eigenvalue weighted by Crippen LogP contribution is 2.22. The Balaban J connectivity index is 1.57. The molecule has 7 heteroatoms. The zero-order valence-corrected chi connectivity index (χ0v) is 24.8. The summed E-state index contributed by atoms with van der Waals surface area (Å²) >= 11 is 0. The van der Waals surface area contributed by atoms with Gasteiger partial charge in [0.2, 0.25) is 0 Å². The van der Waals surface area contributed by atoms with Crippen LogP contribution in [-0.2, 0) is 13.1 Å². The summed E-state index contributed by atoms with van der Waals surface area (Å²) in [5, 5.41) is 0. The molecule has 7 nitrogen and oxygen atoms in total. The van der Waals surface area contributed by atoms with Crippen molar-refractivity contribution in [1.29, 1.82) is 0 Å². The molecule has 0 bridgehead atoms. The summed E-state index contributed by atoms with van der Waals surface area (Å²) < 4.78 is 2.42. The Bertz CT molecular complexity index is 1000. The molecule has 0 saturated carbocycles. The number of aryl methyl sites for hydroxylation is 1. The first-order valence-corrected chi connectivity index (χ1v) is 15.2. The summed E-state index contributed by atoms with van der Waals surface area (Å²) in [5.41, 5.74) is 2.94. The van der Waals surface area contributed by atoms with Crippen LogP contribution in [-0.4, -0.2) is 101 Å². The summed E-state index contributed by atoms with van der Waals surface area (Å²) in [4.78, 5) is 28.5. The molecule has 0 aliphatic carbocycles. The maximum Gasteiger partial charge on any atom is 0.253 e. The van der Waals surface area contributed by atoms with Crippen LogP contribution in [0.3, 0.4) is 0 Å². The molecule has 1 aromatic heterocycles. The maximum atomic E-state index is 13.7. The lowest BCUT2D eigenvalue weighted by molar-refractivity contribution is 0.0741. The molecule has 2 aromatic rings. The van der Waals surface area contributed by atoms with Crippen molar-refractivity contribution < 1.29 is 4.79 Å². The smallest absolute Gasteiger partial charge is 0.253 e. The van der Waals surface area contributed by atoms with E-state index in [1.165, 1.54) is 25.9 Å². The monoisotopic (exact) mass is 524 g/mol. The van der Waals surface area contributed by atoms with Crippen LogP contribution in [0.4, 0.5) is 0 Å². The number of carbonyl (C=O) groups is 1. The summed E-state index contributed by atoms with van der Waals surface area (Å²) in [6.07, 6.45) is 5.86. The number of likely N-dealkylation sites (N-methyl/N-ethyl adjacent to an activating group) is 1. The van der Waals surface area contributed by atoms with Gasteiger partial charge in [0.15, 0.2) is 0 Å². The Morgan fingerprint density at radius 3 is 2.18 bits per heavy atom. The van der Waals surface area contributed by atoms with Gasteiger partial charge in [0.25, 0.3) is 5.91 Å². The molecule has 2 saturated heterocycles. The lowest BCUT2D eigenvalue weighted by Gasteiger charge is -2.32. The third-order valence-electron chi connectivity index (χ3n) is 8.33. The van der Waals surface area contributed by atoms with Gasteiger partial charge in [-0.05, 0) is 88.8 Å². The van der Waals surface area contributed by atoms with Crippen LogP contribution >= 0.6 is 0 Å². The van der Waals surface area contributed by atoms with E-state index >= 15 is 0 Å². The lowest BCUT2D eigenvalue weighted by atomic mass is 10.1. The van der Waals surface area contributed by atoms with E-state index in [0.717, 1.165) is 101 Å². The SMILES string of the molecule is CC(C)CCN(CCC(C)C)C(=O)c1ccc2nc(CN3CCN(C)CC3)n(CCCN3CCCC3)c2c1. The third kappa shape index (κ3) is 8.03. The quantitative estimate of drug-likeness (QED) is 0.377. The van der Waals surface area contributed by atoms with Crippen molar-refractivity contribution in [2.45, 2.75) is 72.9 Å². The Morgan fingerprint density at radius 1 is 0.895 bits per heavy atom. The second-order valence-corrected chi connectivity index (χ2v) is 12.5. The molecule has 4 rings (SSSR count). The Morgan fingerprint density at radius 2 is 1.55 bits per heavy atom. The lowest BCUT2D eigenvalue weighted by Crippen LogP contribution is -2.44. The van der Waals surface area contributed by atoms with E-state index in [0.29, 0.717) is 11.8 Å². The van der Waals surface area contributed by atoms with Crippen molar-refractivity contribution in [2.24, 2.45) is 11.8 Å². The van der Waals surface area contributed by atoms with Crippen LogP contribution in [0.15, 0.2) is 18.2 Å². The molecule has 0 spiro atoms. The van der Waals surface area contributed by atoms with Gasteiger partial charge in [0.05, 0.1) is 17.6 Å². The second kappa shape index (κ2) is 13.9. The van der Waals surface area contributed by atoms with Gasteiger partial charge in [-0.25, -0.2) is 4.98 Å². The molecule has 2 aliphatic rings. The molecular weight excluding hydrogens is 472 g/mol. The number of amides is 1. The van der Waals surface area contributed by atoms with Crippen LogP contribution in [0.25, 0.3) is 11.0 Å². The fourth-order valence-electron chi connectivity index (χ4n) is 5.67. The maximum absolute atomic E-state index is 13.7. The largest absolute Gasteiger partial charge is 0.339 e. The van der Waals surface area contributed by atoms with Crippen molar-refractivity contribution >= 4 is 16.9 Å². The van der Waals surface area contributed by atoms with E-state index < -0.39 is 0 Å². The predicted octanol–water partition coefficient (Wildman–Crippen LogP) is 4.80. The number of likely N-dealkylation sites (tertiary alicyclic amines) is 1. The van der Waals surface area contributed by atoms with E-state index in [1.54, 1.807) is 0 Å². The summed E-state index contributed by atoms with van der Waals surface area (Å²) in [7, 11) is 2.20. The minimum atomic E-state index is 0.165. The molecule has 212 valence electrons. The van der Waals surface area contributed by atoms with Crippen LogP contribution in [0.1, 0.15) is 76.0 Å². The van der Waals surface area contributed by atoms with E-state index in [4.69, 9.17) is 4.98 Å². The van der Waals surface area contributed by atoms with Crippen molar-refractivity contribution in [1.82, 2.24) is 29.2 Å². The average molecular weight is 525 g/mol. The molecule has 1 aromatic carbocycles. The van der Waals surface area contributed by atoms with E-state index in [9.17, 15) is 4.79 Å². The van der Waals surface area contributed by atoms with E-state index in [2.05, 4.69) is 71.0 Å². The standard InChI is InChI=1S/C31H52N6O/c1-25(2)11-17-36(18-12-26(3)4)31(38)27-9-10-28-29(23-27)37(16-8-15-34-13-6-7-14-34)30(32-28)24-35-21-19-33(5)20-22-35/h9-10,23,25-26H,6-8,11-22,24H2,1-5H3. The number of hydrogen-bond donors (Lipinski definition) is 0. The Labute approximate surface area is 231 Å². The molecule has 0 N–H and O–H groups in total. The summed E-state index contributed by atoms with van der Waals surface area (Å²) in [6.45, 7) is 20.4. The molecule has 38 heavy (non-hydrogen) atoms. The molecule has 1 amide bonds. The molecular formula is C31H52N6O. The molecule has 0 atom stereocenters. The number of benzene rings is 1. The normalized spacial score (nSPS) is 17.9. The number of imidazole rings is 1. The van der Waals surface area contributed by atoms with E-state index in [1.807, 2.05) is 6.07 Å². The summed E-state index contributed by atoms with van der Waals surface area (Å²) in [5.74, 6) is 2.48. The predicted molar refractivity (Wildman–Crippen MR) is 158 cm³/mol. The van der Waals surface area contributed by atoms with Crippen LogP contribution in [0.2, 0.25) is 0 Å². The highest BCUT2D eigenvalue weighted by Gasteiger charge is 2.22. The van der Waals surface area contributed by atoms with Gasteiger partial charge in [-0.3, -0.25) is 9.69 Å². The summed E-state index contributed by atoms with van der Waals surface area (Å²) in [6, 6.07) is 6.21. The zero-order valence-electron chi connectivity index (χ0n) is 24.8. The molecule has 0 radical (unpaired) electrons. The van der Waals surface area contributed by atoms with Gasteiger partial charge >= 0.3 is 0 Å². The number of rotatable bonds is 13. The van der Waals surface area contributed by atoms with Crippen LogP contribution in [0, 0.1) is 11.8 Å². The van der Waals surface area contributed by atoms with Crippen molar-refractivity contribution in [3.05, 3.63) is 29.6 Å². The van der Waals surface area contributed by atoms with Gasteiger partial charge in [0.1, 0.15) is 5.82 Å². The average Bonchev–Trinajstić information content (AvgIpc) is 3.52. The van der Waals surface area contributed by atoms with E-state index in [-0.39, 0.29) is 5.91 Å². The number of carbonyl (C=O) groups excluding carboxylic acids is 1.